The third-order valence-corrected chi connectivity index (χ3v) is 3.63. The predicted octanol–water partition coefficient (Wildman–Crippen LogP) is 2.04. The zero-order chi connectivity index (χ0) is 16.2. The molecule has 1 heterocycles. The molecule has 5 nitrogen and oxygen atoms in total. The lowest BCUT2D eigenvalue weighted by atomic mass is 10.1. The van der Waals surface area contributed by atoms with Crippen molar-refractivity contribution in [3.8, 4) is 0 Å². The van der Waals surface area contributed by atoms with Gasteiger partial charge in [0, 0.05) is 22.7 Å². The van der Waals surface area contributed by atoms with Crippen LogP contribution >= 0.6 is 0 Å². The Balaban J connectivity index is 1.72. The van der Waals surface area contributed by atoms with Crippen LogP contribution < -0.4 is 16.6 Å². The first kappa shape index (κ1) is 15.0. The van der Waals surface area contributed by atoms with E-state index in [1.807, 2.05) is 30.3 Å². The van der Waals surface area contributed by atoms with E-state index in [9.17, 15) is 9.59 Å². The van der Waals surface area contributed by atoms with E-state index in [0.29, 0.717) is 12.1 Å². The summed E-state index contributed by atoms with van der Waals surface area (Å²) in [5, 5.41) is 3.66. The molecule has 1 unspecified atom stereocenters. The van der Waals surface area contributed by atoms with Crippen molar-refractivity contribution in [2.75, 3.05) is 5.32 Å². The summed E-state index contributed by atoms with van der Waals surface area (Å²) in [5.41, 5.74) is 8.21. The maximum Gasteiger partial charge on any atom is 0.248 e. The summed E-state index contributed by atoms with van der Waals surface area (Å²) in [5.74, 6) is -0.238. The van der Waals surface area contributed by atoms with Gasteiger partial charge in [-0.1, -0.05) is 30.3 Å². The second-order valence-electron chi connectivity index (χ2n) is 5.41. The van der Waals surface area contributed by atoms with Gasteiger partial charge in [0.2, 0.25) is 11.5 Å². The molecular weight excluding hydrogens is 290 g/mol. The van der Waals surface area contributed by atoms with E-state index < -0.39 is 6.04 Å². The van der Waals surface area contributed by atoms with Crippen LogP contribution in [0.3, 0.4) is 0 Å². The van der Waals surface area contributed by atoms with Crippen molar-refractivity contribution in [2.45, 2.75) is 12.5 Å². The first-order chi connectivity index (χ1) is 11.1. The average Bonchev–Trinajstić information content (AvgIpc) is 2.56. The summed E-state index contributed by atoms with van der Waals surface area (Å²) < 4.78 is 0. The van der Waals surface area contributed by atoms with E-state index in [-0.39, 0.29) is 11.5 Å². The lowest BCUT2D eigenvalue weighted by Crippen LogP contribution is -2.37. The molecule has 0 aliphatic rings. The van der Waals surface area contributed by atoms with Gasteiger partial charge >= 0.3 is 0 Å². The number of rotatable bonds is 4. The van der Waals surface area contributed by atoms with Gasteiger partial charge < -0.3 is 16.0 Å². The van der Waals surface area contributed by atoms with Crippen LogP contribution in [0.2, 0.25) is 0 Å². The number of nitrogens with two attached hydrogens (primary N) is 1. The molecule has 0 radical (unpaired) electrons. The van der Waals surface area contributed by atoms with Gasteiger partial charge in [-0.3, -0.25) is 9.59 Å². The van der Waals surface area contributed by atoms with E-state index in [4.69, 9.17) is 5.73 Å². The summed E-state index contributed by atoms with van der Waals surface area (Å²) in [7, 11) is 0. The van der Waals surface area contributed by atoms with E-state index in [2.05, 4.69) is 10.3 Å². The van der Waals surface area contributed by atoms with Gasteiger partial charge in [-0.15, -0.1) is 0 Å². The number of carbonyl (C=O) groups is 1. The van der Waals surface area contributed by atoms with Gasteiger partial charge in [0.25, 0.3) is 0 Å². The average molecular weight is 307 g/mol. The molecule has 2 aromatic carbocycles. The molecule has 4 N–H and O–H groups in total. The summed E-state index contributed by atoms with van der Waals surface area (Å²) in [6, 6.07) is 17.5. The minimum absolute atomic E-state index is 0.154. The Hall–Kier alpha value is -2.92. The Morgan fingerprint density at radius 1 is 1.09 bits per heavy atom. The predicted molar refractivity (Wildman–Crippen MR) is 91.3 cm³/mol. The number of hydrogen-bond donors (Lipinski definition) is 3. The Bertz CT molecular complexity index is 887. The highest BCUT2D eigenvalue weighted by Crippen LogP contribution is 2.16. The molecule has 0 aliphatic carbocycles. The second kappa shape index (κ2) is 6.46. The van der Waals surface area contributed by atoms with Crippen LogP contribution in [0.15, 0.2) is 65.5 Å². The topological polar surface area (TPSA) is 88.0 Å². The van der Waals surface area contributed by atoms with Gasteiger partial charge in [0.05, 0.1) is 6.04 Å². The number of aromatic amines is 1. The van der Waals surface area contributed by atoms with Gasteiger partial charge in [-0.2, -0.15) is 0 Å². The van der Waals surface area contributed by atoms with Crippen LogP contribution in [0.25, 0.3) is 10.9 Å². The molecule has 1 aromatic heterocycles. The van der Waals surface area contributed by atoms with Crippen molar-refractivity contribution >= 4 is 22.5 Å². The Morgan fingerprint density at radius 2 is 1.87 bits per heavy atom. The molecule has 116 valence electrons. The maximum absolute atomic E-state index is 12.2. The Labute approximate surface area is 133 Å². The van der Waals surface area contributed by atoms with Crippen molar-refractivity contribution < 1.29 is 4.79 Å². The number of pyridine rings is 1. The zero-order valence-corrected chi connectivity index (χ0v) is 12.5. The summed E-state index contributed by atoms with van der Waals surface area (Å²) in [6.07, 6.45) is 0.480. The van der Waals surface area contributed by atoms with Crippen molar-refractivity contribution in [1.29, 1.82) is 0 Å². The molecule has 5 heteroatoms. The Kier molecular flexibility index (Phi) is 4.21. The van der Waals surface area contributed by atoms with Crippen molar-refractivity contribution in [3.05, 3.63) is 76.6 Å². The second-order valence-corrected chi connectivity index (χ2v) is 5.41. The molecule has 3 aromatic rings. The Morgan fingerprint density at radius 3 is 2.65 bits per heavy atom. The molecule has 0 fully saturated rings. The zero-order valence-electron chi connectivity index (χ0n) is 12.5. The molecule has 1 atom stereocenters. The van der Waals surface area contributed by atoms with Crippen LogP contribution in [0, 0.1) is 0 Å². The van der Waals surface area contributed by atoms with E-state index in [1.165, 1.54) is 6.07 Å². The van der Waals surface area contributed by atoms with Crippen LogP contribution in [0.1, 0.15) is 5.56 Å². The number of benzene rings is 2. The first-order valence-electron chi connectivity index (χ1n) is 7.35. The van der Waals surface area contributed by atoms with Gasteiger partial charge in [-0.05, 0) is 36.2 Å². The number of hydrogen-bond acceptors (Lipinski definition) is 3. The number of carbonyl (C=O) groups excluding carboxylic acids is 1. The van der Waals surface area contributed by atoms with Gasteiger partial charge in [0.1, 0.15) is 0 Å². The van der Waals surface area contributed by atoms with Crippen LogP contribution in [0.5, 0.6) is 0 Å². The van der Waals surface area contributed by atoms with Crippen LogP contribution in [0.4, 0.5) is 5.69 Å². The van der Waals surface area contributed by atoms with E-state index >= 15 is 0 Å². The molecule has 0 aliphatic heterocycles. The van der Waals surface area contributed by atoms with Crippen molar-refractivity contribution in [1.82, 2.24) is 4.98 Å². The van der Waals surface area contributed by atoms with Gasteiger partial charge in [0.15, 0.2) is 0 Å². The molecular formula is C18H17N3O2. The van der Waals surface area contributed by atoms with Crippen LogP contribution in [-0.4, -0.2) is 16.9 Å². The monoisotopic (exact) mass is 307 g/mol. The first-order valence-corrected chi connectivity index (χ1v) is 7.35. The summed E-state index contributed by atoms with van der Waals surface area (Å²) >= 11 is 0. The van der Waals surface area contributed by atoms with Crippen molar-refractivity contribution in [2.24, 2.45) is 5.73 Å². The SMILES string of the molecule is NC(Cc1ccccc1)C(=O)Nc1ccc2[nH]c(=O)ccc2c1. The minimum Gasteiger partial charge on any atom is -0.325 e. The smallest absolute Gasteiger partial charge is 0.248 e. The molecule has 3 rings (SSSR count). The highest BCUT2D eigenvalue weighted by atomic mass is 16.2. The number of anilines is 1. The summed E-state index contributed by atoms with van der Waals surface area (Å²) in [6.45, 7) is 0. The molecule has 0 saturated heterocycles. The maximum atomic E-state index is 12.2. The molecule has 1 amide bonds. The fourth-order valence-corrected chi connectivity index (χ4v) is 2.43. The fraction of sp³-hybridized carbons (Fsp3) is 0.111. The van der Waals surface area contributed by atoms with Gasteiger partial charge in [-0.25, -0.2) is 0 Å². The minimum atomic E-state index is -0.622. The number of amides is 1. The number of aromatic nitrogens is 1. The highest BCUT2D eigenvalue weighted by Gasteiger charge is 2.14. The largest absolute Gasteiger partial charge is 0.325 e. The molecule has 0 bridgehead atoms. The molecule has 0 saturated carbocycles. The van der Waals surface area contributed by atoms with Crippen LogP contribution in [-0.2, 0) is 11.2 Å². The van der Waals surface area contributed by atoms with Crippen molar-refractivity contribution in [3.63, 3.8) is 0 Å². The molecule has 0 spiro atoms. The quantitative estimate of drug-likeness (QED) is 0.689. The number of nitrogens with one attached hydrogen (secondary N) is 2. The lowest BCUT2D eigenvalue weighted by Gasteiger charge is -2.13. The van der Waals surface area contributed by atoms with E-state index in [1.54, 1.807) is 24.3 Å². The normalized spacial score (nSPS) is 12.0. The van der Waals surface area contributed by atoms with E-state index in [0.717, 1.165) is 16.5 Å². The highest BCUT2D eigenvalue weighted by molar-refractivity contribution is 5.96. The number of H-pyrrole nitrogens is 1. The molecule has 23 heavy (non-hydrogen) atoms. The summed E-state index contributed by atoms with van der Waals surface area (Å²) in [4.78, 5) is 26.2. The lowest BCUT2D eigenvalue weighted by molar-refractivity contribution is -0.117. The third-order valence-electron chi connectivity index (χ3n) is 3.63. The third kappa shape index (κ3) is 3.64. The number of fused-ring (bicyclic) bond motifs is 1. The fourth-order valence-electron chi connectivity index (χ4n) is 2.43. The standard InChI is InChI=1S/C18H17N3O2/c19-15(10-12-4-2-1-3-5-12)18(23)20-14-7-8-16-13(11-14)6-9-17(22)21-16/h1-9,11,15H,10,19H2,(H,20,23)(H,21,22).